The van der Waals surface area contributed by atoms with Crippen LogP contribution in [0.1, 0.15) is 130 Å². The van der Waals surface area contributed by atoms with Gasteiger partial charge in [0.25, 0.3) is 0 Å². The molecule has 4 aliphatic carbocycles. The number of esters is 1. The van der Waals surface area contributed by atoms with E-state index in [1.54, 1.807) is 6.07 Å². The third-order valence-corrected chi connectivity index (χ3v) is 27.9. The topological polar surface area (TPSA) is 163 Å². The summed E-state index contributed by atoms with van der Waals surface area (Å²) >= 11 is 0. The monoisotopic (exact) mass is 1700 g/mol. The minimum atomic E-state index is -1.02. The Hall–Kier alpha value is -15.6. The average Bonchev–Trinajstić information content (AvgIpc) is 1.55. The van der Waals surface area contributed by atoms with E-state index in [-0.39, 0.29) is 21.7 Å². The van der Waals surface area contributed by atoms with Gasteiger partial charge >= 0.3 is 5.97 Å². The third-order valence-electron chi connectivity index (χ3n) is 27.9. The molecule has 0 fully saturated rings. The highest BCUT2D eigenvalue weighted by atomic mass is 16.5. The van der Waals surface area contributed by atoms with Crippen molar-refractivity contribution in [2.45, 2.75) is 96.5 Å². The van der Waals surface area contributed by atoms with Crippen molar-refractivity contribution in [3.8, 4) is 135 Å². The Bertz CT molecular complexity index is 8330. The van der Waals surface area contributed by atoms with E-state index >= 15 is 0 Å². The molecule has 0 unspecified atom stereocenters. The molecule has 632 valence electrons. The molecule has 0 radical (unpaired) electrons. The number of benzene rings is 15. The van der Waals surface area contributed by atoms with Crippen LogP contribution < -0.4 is 0 Å². The molecule has 0 atom stereocenters. The predicted molar refractivity (Wildman–Crippen MR) is 528 cm³/mol. The quantitative estimate of drug-likeness (QED) is 0.129. The molecule has 0 spiro atoms. The van der Waals surface area contributed by atoms with E-state index in [1.165, 1.54) is 96.1 Å². The minimum absolute atomic E-state index is 0.103. The third kappa shape index (κ3) is 12.6. The zero-order valence-electron chi connectivity index (χ0n) is 74.5. The van der Waals surface area contributed by atoms with Crippen molar-refractivity contribution in [3.05, 3.63) is 395 Å². The molecular formula is C119H90N6O6. The van der Waals surface area contributed by atoms with Gasteiger partial charge in [0.05, 0.1) is 51.5 Å². The molecule has 0 amide bonds. The molecule has 15 aromatic carbocycles. The zero-order valence-corrected chi connectivity index (χ0v) is 74.5. The average molecular weight is 1700 g/mol. The first-order chi connectivity index (χ1) is 63.5. The predicted octanol–water partition coefficient (Wildman–Crippen LogP) is 29.7. The van der Waals surface area contributed by atoms with Gasteiger partial charge in [0, 0.05) is 87.9 Å². The fraction of sp³-hybridized carbons (Fsp3) is 0.134. The van der Waals surface area contributed by atoms with Crippen molar-refractivity contribution in [2.75, 3.05) is 7.11 Å². The molecule has 0 bridgehead atoms. The maximum atomic E-state index is 12.7. The number of methoxy groups -OCH3 is 1. The Morgan fingerprint density at radius 3 is 1.00 bits per heavy atom. The summed E-state index contributed by atoms with van der Waals surface area (Å²) in [6, 6.07) is 117. The Kier molecular flexibility index (Phi) is 18.3. The Labute approximate surface area is 758 Å². The van der Waals surface area contributed by atoms with Gasteiger partial charge in [-0.1, -0.05) is 365 Å². The lowest BCUT2D eigenvalue weighted by atomic mass is 9.82. The van der Waals surface area contributed by atoms with Crippen LogP contribution >= 0.6 is 0 Å². The maximum absolute atomic E-state index is 12.7. The first-order valence-corrected chi connectivity index (χ1v) is 44.8. The number of rotatable bonds is 10. The number of hydrogen-bond acceptors (Lipinski definition) is 12. The highest BCUT2D eigenvalue weighted by Crippen LogP contribution is 2.57. The second kappa shape index (κ2) is 30.0. The lowest BCUT2D eigenvalue weighted by Gasteiger charge is -2.21. The van der Waals surface area contributed by atoms with Crippen molar-refractivity contribution >= 4 is 72.2 Å². The van der Waals surface area contributed by atoms with Crippen molar-refractivity contribution in [2.24, 2.45) is 0 Å². The number of aromatic nitrogens is 6. The number of para-hydroxylation sites is 2. The minimum Gasteiger partial charge on any atom is -0.465 e. The van der Waals surface area contributed by atoms with Crippen LogP contribution in [0.4, 0.5) is 0 Å². The number of carbonyl (C=O) groups is 1. The lowest BCUT2D eigenvalue weighted by Crippen LogP contribution is -2.16. The van der Waals surface area contributed by atoms with Crippen LogP contribution in [-0.2, 0) is 32.0 Å². The number of furan rings is 3. The Morgan fingerprint density at radius 1 is 0.282 bits per heavy atom. The molecule has 131 heavy (non-hydrogen) atoms. The van der Waals surface area contributed by atoms with E-state index in [2.05, 4.69) is 274 Å². The van der Waals surface area contributed by atoms with Crippen LogP contribution in [0.2, 0.25) is 0 Å². The smallest absolute Gasteiger partial charge is 0.338 e. The molecule has 1 N–H and O–H groups in total. The van der Waals surface area contributed by atoms with Gasteiger partial charge in [0.15, 0.2) is 17.5 Å². The summed E-state index contributed by atoms with van der Waals surface area (Å²) in [4.78, 5) is 43.6. The first-order valence-electron chi connectivity index (χ1n) is 44.8. The van der Waals surface area contributed by atoms with E-state index in [4.69, 9.17) is 47.9 Å². The van der Waals surface area contributed by atoms with Gasteiger partial charge in [-0.2, -0.15) is 15.0 Å². The van der Waals surface area contributed by atoms with Crippen molar-refractivity contribution in [3.63, 3.8) is 0 Å². The molecule has 0 saturated carbocycles. The number of hydrogen-bond donors (Lipinski definition) is 1. The number of aliphatic hydroxyl groups is 1. The summed E-state index contributed by atoms with van der Waals surface area (Å²) in [5, 5.41) is 16.6. The molecule has 6 aromatic heterocycles. The number of fused-ring (bicyclic) bond motifs is 22. The van der Waals surface area contributed by atoms with Crippen LogP contribution in [0.15, 0.2) is 353 Å². The summed E-state index contributed by atoms with van der Waals surface area (Å²) in [5.74, 6) is 1.50. The number of carbonyl (C=O) groups excluding carboxylic acids is 1. The van der Waals surface area contributed by atoms with Gasteiger partial charge in [-0.15, -0.1) is 0 Å². The fourth-order valence-electron chi connectivity index (χ4n) is 21.3. The standard InChI is InChI=1S/C40H32N2O2.C40H30N2O.C39H28N2O3/c1-39(2)31-19-10-8-15-26(31)28-22-21-25(23-33(28)39)37-41-35(24-13-6-5-7-14-24)34-30-18-12-17-29(36(30)44-38(34)42-37)27-16-9-11-20-32(27)40(3,4)43;1-39(2)30-17-11-9-15-27(30)33-31(39)21-20-28-34-35(23-12-6-5-7-13-23)41-37(42-38(34)43-36(28)33)24-18-19-26-25-14-8-10-16-29(25)40(3,4)32(26)22-24;1-39(2)31-19-10-9-15-26(31)27-21-20-24(22-32(27)39)36-40-34(23-12-5-4-6-13-23)33-30-18-11-17-28(35(30)44-37(33)41-36)25-14-7-8-16-29(25)38(42)43-3/h5-23,43H,1-4H3;5-22H,1-4H3;4-22H,1-3H3. The van der Waals surface area contributed by atoms with Gasteiger partial charge in [-0.05, 0) is 144 Å². The van der Waals surface area contributed by atoms with Crippen LogP contribution in [0.3, 0.4) is 0 Å². The van der Waals surface area contributed by atoms with Gasteiger partial charge in [-0.25, -0.2) is 19.7 Å². The molecule has 12 heteroatoms. The second-order valence-corrected chi connectivity index (χ2v) is 37.5. The molecule has 25 rings (SSSR count). The summed E-state index contributed by atoms with van der Waals surface area (Å²) in [7, 11) is 1.39. The molecule has 4 aliphatic rings. The van der Waals surface area contributed by atoms with E-state index in [9.17, 15) is 9.90 Å². The van der Waals surface area contributed by atoms with E-state index in [1.807, 2.05) is 129 Å². The second-order valence-electron chi connectivity index (χ2n) is 37.5. The lowest BCUT2D eigenvalue weighted by molar-refractivity contribution is 0.0601. The van der Waals surface area contributed by atoms with Gasteiger partial charge in [0.1, 0.15) is 16.7 Å². The number of ether oxygens (including phenoxy) is 1. The molecule has 6 heterocycles. The SMILES string of the molecule is CC(C)(O)c1ccccc1-c1cccc2c1oc1nc(-c3ccc4c(c3)C(C)(C)c3ccccc3-4)nc(-c3ccccc3)c12.CC1(C)c2ccccc2-c2ccc(-c3nc(-c4ccccc4)c4c(n3)oc3c5c(ccc34)C(C)(C)c3ccccc3-5)cc21.COC(=O)c1ccccc1-c1cccc2c1oc1nc(-c3ccc4c(c3)C(C)(C)c3ccccc3-4)nc(-c3ccccc3)c12. The number of nitrogens with zero attached hydrogens (tertiary/aromatic N) is 6. The van der Waals surface area contributed by atoms with E-state index in [0.29, 0.717) is 45.8 Å². The molecule has 0 saturated heterocycles. The van der Waals surface area contributed by atoms with Crippen LogP contribution in [0.5, 0.6) is 0 Å². The summed E-state index contributed by atoms with van der Waals surface area (Å²) < 4.78 is 25.2. The Morgan fingerprint density at radius 2 is 0.595 bits per heavy atom. The first kappa shape index (κ1) is 80.0. The van der Waals surface area contributed by atoms with Crippen molar-refractivity contribution < 1.29 is 27.9 Å². The largest absolute Gasteiger partial charge is 0.465 e. The highest BCUT2D eigenvalue weighted by Gasteiger charge is 2.42. The normalized spacial score (nSPS) is 14.1. The summed E-state index contributed by atoms with van der Waals surface area (Å²) in [6.45, 7) is 21.9. The van der Waals surface area contributed by atoms with Crippen LogP contribution in [0.25, 0.3) is 201 Å². The fourth-order valence-corrected chi connectivity index (χ4v) is 21.3. The van der Waals surface area contributed by atoms with Crippen LogP contribution in [-0.4, -0.2) is 48.1 Å². The van der Waals surface area contributed by atoms with Gasteiger partial charge < -0.3 is 23.1 Å². The van der Waals surface area contributed by atoms with Gasteiger partial charge in [0.2, 0.25) is 17.1 Å². The van der Waals surface area contributed by atoms with Crippen LogP contribution in [0, 0.1) is 0 Å². The molecule has 21 aromatic rings. The Balaban J connectivity index is 0.000000112. The highest BCUT2D eigenvalue weighted by molar-refractivity contribution is 6.18. The van der Waals surface area contributed by atoms with Gasteiger partial charge in [-0.3, -0.25) is 0 Å². The van der Waals surface area contributed by atoms with E-state index < -0.39 is 11.6 Å². The zero-order chi connectivity index (χ0) is 89.3. The van der Waals surface area contributed by atoms with Crippen molar-refractivity contribution in [1.29, 1.82) is 0 Å². The molecule has 0 aliphatic heterocycles. The van der Waals surface area contributed by atoms with E-state index in [0.717, 1.165) is 122 Å². The van der Waals surface area contributed by atoms with Crippen molar-refractivity contribution in [1.82, 2.24) is 29.9 Å². The maximum Gasteiger partial charge on any atom is 0.338 e. The summed E-state index contributed by atoms with van der Waals surface area (Å²) in [5.41, 5.74) is 36.1. The molecular weight excluding hydrogens is 1610 g/mol. The summed E-state index contributed by atoms with van der Waals surface area (Å²) in [6.07, 6.45) is 0. The molecule has 12 nitrogen and oxygen atoms in total.